The monoisotopic (exact) mass is 642 g/mol. The average Bonchev–Trinajstić information content (AvgIpc) is 3.09. The van der Waals surface area contributed by atoms with Crippen LogP contribution in [0.1, 0.15) is 25.0 Å². The van der Waals surface area contributed by atoms with Crippen LogP contribution in [0.15, 0.2) is 97.3 Å². The van der Waals surface area contributed by atoms with Gasteiger partial charge in [0.15, 0.2) is 0 Å². The third kappa shape index (κ3) is 18.4. The Labute approximate surface area is 280 Å². The summed E-state index contributed by atoms with van der Waals surface area (Å²) in [6.07, 6.45) is 17.6. The smallest absolute Gasteiger partial charge is 0.316 e. The normalized spacial score (nSPS) is 10.8. The number of likely N-dealkylation sites (N-methyl/N-ethyl adjacent to an activating group) is 1. The second-order valence-electron chi connectivity index (χ2n) is 10.1. The van der Waals surface area contributed by atoms with E-state index >= 15 is 0 Å². The zero-order valence-electron chi connectivity index (χ0n) is 28.2. The molecule has 0 saturated carbocycles. The van der Waals surface area contributed by atoms with Crippen molar-refractivity contribution in [3.63, 3.8) is 0 Å². The average molecular weight is 643 g/mol. The minimum atomic E-state index is -0.701. The van der Waals surface area contributed by atoms with E-state index in [1.54, 1.807) is 24.4 Å². The van der Waals surface area contributed by atoms with E-state index in [-0.39, 0.29) is 13.1 Å². The molecule has 4 N–H and O–H groups in total. The molecule has 1 heterocycles. The molecule has 0 radical (unpaired) electrons. The molecule has 0 aliphatic heterocycles. The number of amides is 3. The quantitative estimate of drug-likeness (QED) is 0.0860. The zero-order chi connectivity index (χ0) is 35.5. The zero-order valence-corrected chi connectivity index (χ0v) is 28.2. The van der Waals surface area contributed by atoms with Crippen molar-refractivity contribution in [2.45, 2.75) is 33.5 Å². The van der Waals surface area contributed by atoms with Crippen LogP contribution in [0.3, 0.4) is 0 Å². The molecule has 0 unspecified atom stereocenters. The van der Waals surface area contributed by atoms with E-state index < -0.39 is 12.2 Å². The van der Waals surface area contributed by atoms with E-state index in [0.717, 1.165) is 28.6 Å². The fourth-order valence-electron chi connectivity index (χ4n) is 3.81. The first-order chi connectivity index (χ1) is 22.7. The van der Waals surface area contributed by atoms with E-state index in [1.165, 1.54) is 10.5 Å². The van der Waals surface area contributed by atoms with Crippen LogP contribution in [-0.4, -0.2) is 85.1 Å². The highest BCUT2D eigenvalue weighted by molar-refractivity contribution is 5.81. The van der Waals surface area contributed by atoms with Crippen LogP contribution in [0.4, 0.5) is 4.79 Å². The number of rotatable bonds is 14. The Bertz CT molecular complexity index is 1390. The number of carbonyl (C=O) groups is 3. The van der Waals surface area contributed by atoms with Gasteiger partial charge in [0, 0.05) is 31.2 Å². The Morgan fingerprint density at radius 2 is 1.74 bits per heavy atom. The van der Waals surface area contributed by atoms with Crippen molar-refractivity contribution in [3.05, 3.63) is 108 Å². The summed E-state index contributed by atoms with van der Waals surface area (Å²) in [5.41, 5.74) is 3.82. The van der Waals surface area contributed by atoms with Crippen molar-refractivity contribution < 1.29 is 19.5 Å². The molecule has 2 aromatic carbocycles. The topological polar surface area (TPSA) is 127 Å². The Hall–Kier alpha value is -5.24. The maximum absolute atomic E-state index is 12.5. The summed E-state index contributed by atoms with van der Waals surface area (Å²) in [5, 5.41) is 18.2. The highest BCUT2D eigenvalue weighted by Crippen LogP contribution is 2.17. The maximum Gasteiger partial charge on any atom is 0.316 e. The molecule has 1 atom stereocenters. The van der Waals surface area contributed by atoms with Crippen LogP contribution in [0.5, 0.6) is 5.75 Å². The Balaban J connectivity index is 0.00000125. The molecular formula is C37H50N6O4. The van der Waals surface area contributed by atoms with Crippen molar-refractivity contribution in [1.29, 1.82) is 0 Å². The van der Waals surface area contributed by atoms with Gasteiger partial charge in [0.25, 0.3) is 0 Å². The van der Waals surface area contributed by atoms with Gasteiger partial charge in [0.1, 0.15) is 18.2 Å². The first-order valence-electron chi connectivity index (χ1n) is 15.1. The number of urea groups is 1. The summed E-state index contributed by atoms with van der Waals surface area (Å²) in [6, 6.07) is 16.5. The number of carbonyl (C=O) groups excluding carboxylic acids is 3. The van der Waals surface area contributed by atoms with Crippen molar-refractivity contribution in [2.24, 2.45) is 0 Å². The second-order valence-corrected chi connectivity index (χ2v) is 10.1. The van der Waals surface area contributed by atoms with Gasteiger partial charge in [-0.25, -0.2) is 4.79 Å². The summed E-state index contributed by atoms with van der Waals surface area (Å²) in [5.74, 6) is 0.329. The Morgan fingerprint density at radius 1 is 1.09 bits per heavy atom. The number of aldehydes is 1. The van der Waals surface area contributed by atoms with Crippen LogP contribution >= 0.6 is 0 Å². The summed E-state index contributed by atoms with van der Waals surface area (Å²) >= 11 is 0. The van der Waals surface area contributed by atoms with Crippen molar-refractivity contribution in [3.8, 4) is 18.6 Å². The highest BCUT2D eigenvalue weighted by atomic mass is 16.3. The van der Waals surface area contributed by atoms with Gasteiger partial charge >= 0.3 is 6.03 Å². The molecule has 3 aromatic rings. The number of allylic oxidation sites excluding steroid dienone is 3. The summed E-state index contributed by atoms with van der Waals surface area (Å²) < 4.78 is 0. The van der Waals surface area contributed by atoms with Gasteiger partial charge in [0.2, 0.25) is 6.41 Å². The maximum atomic E-state index is 12.5. The third-order valence-electron chi connectivity index (χ3n) is 6.26. The van der Waals surface area contributed by atoms with Crippen molar-refractivity contribution in [2.75, 3.05) is 40.3 Å². The van der Waals surface area contributed by atoms with Gasteiger partial charge < -0.3 is 30.8 Å². The van der Waals surface area contributed by atoms with Gasteiger partial charge in [0.05, 0.1) is 12.1 Å². The van der Waals surface area contributed by atoms with Crippen LogP contribution in [0.25, 0.3) is 10.9 Å². The molecule has 3 amide bonds. The van der Waals surface area contributed by atoms with E-state index in [1.807, 2.05) is 93.5 Å². The fraction of sp³-hybridized carbons (Fsp3) is 0.297. The predicted octanol–water partition coefficient (Wildman–Crippen LogP) is 4.81. The molecule has 3 rings (SSSR count). The number of phenols is 1. The minimum Gasteiger partial charge on any atom is -0.508 e. The first-order valence-corrected chi connectivity index (χ1v) is 15.1. The number of aryl methyl sites for hydroxylation is 1. The number of aromatic hydroxyl groups is 1. The molecule has 0 fully saturated rings. The van der Waals surface area contributed by atoms with Crippen molar-refractivity contribution in [1.82, 2.24) is 30.7 Å². The molecule has 1 aromatic heterocycles. The molecular weight excluding hydrogens is 592 g/mol. The lowest BCUT2D eigenvalue weighted by atomic mass is 10.1. The number of pyridine rings is 1. The number of nitrogens with one attached hydrogen (secondary N) is 3. The Morgan fingerprint density at radius 3 is 2.32 bits per heavy atom. The van der Waals surface area contributed by atoms with E-state index in [2.05, 4.69) is 47.3 Å². The molecule has 10 heteroatoms. The van der Waals surface area contributed by atoms with E-state index in [4.69, 9.17) is 5.11 Å². The predicted molar refractivity (Wildman–Crippen MR) is 193 cm³/mol. The van der Waals surface area contributed by atoms with Gasteiger partial charge in [-0.1, -0.05) is 79.8 Å². The second kappa shape index (κ2) is 26.0. The molecule has 252 valence electrons. The number of para-hydroxylation sites is 1. The van der Waals surface area contributed by atoms with E-state index in [9.17, 15) is 14.4 Å². The third-order valence-corrected chi connectivity index (χ3v) is 6.26. The van der Waals surface area contributed by atoms with Crippen LogP contribution in [0.2, 0.25) is 0 Å². The fourth-order valence-corrected chi connectivity index (χ4v) is 3.81. The first kappa shape index (κ1) is 41.8. The lowest BCUT2D eigenvalue weighted by molar-refractivity contribution is -0.124. The number of benzene rings is 2. The number of terminal acetylenes is 1. The molecule has 0 aliphatic rings. The standard InChI is InChI=1S/C25H31N5O3.C7H8O.C3H9N.C2H2/c1-4-5-6-9-20(2)16-27-25(33)28-23(30(19-32)14-15-31)18-29(3)17-22-11-7-10-21-12-8-13-26-24(21)22;1-6-2-4-7(8)5-3-6;1-3-4-2;1-2/h4-13,15,19,23H,2,14,16-18H2,1,3H3,(H2,27,28,33);2-5,8H,1H3;4H,3H2,1-2H3;1-2H/b5-4-,9-6-;;;/t23-;;;/m1.../s1. The number of fused-ring (bicyclic) bond motifs is 1. The van der Waals surface area contributed by atoms with Gasteiger partial charge in [-0.2, -0.15) is 0 Å². The van der Waals surface area contributed by atoms with E-state index in [0.29, 0.717) is 31.5 Å². The SMILES string of the molecule is C#C.C=C(/C=C\C=C/C)CNC(=O)N[C@@H](CN(C)Cc1cccc2cccnc12)N(C=O)CC=O.CCNC.Cc1ccc(O)cc1. The molecule has 47 heavy (non-hydrogen) atoms. The molecule has 0 spiro atoms. The van der Waals surface area contributed by atoms with Crippen LogP contribution in [-0.2, 0) is 16.1 Å². The molecule has 10 nitrogen and oxygen atoms in total. The molecule has 0 aliphatic carbocycles. The largest absolute Gasteiger partial charge is 0.508 e. The summed E-state index contributed by atoms with van der Waals surface area (Å²) in [4.78, 5) is 42.8. The summed E-state index contributed by atoms with van der Waals surface area (Å²) in [6.45, 7) is 11.9. The number of aromatic nitrogens is 1. The molecule has 0 saturated heterocycles. The minimum absolute atomic E-state index is 0.128. The number of hydrogen-bond acceptors (Lipinski definition) is 7. The van der Waals surface area contributed by atoms with Crippen LogP contribution < -0.4 is 16.0 Å². The van der Waals surface area contributed by atoms with Crippen LogP contribution in [0, 0.1) is 19.8 Å². The number of hydrogen-bond donors (Lipinski definition) is 4. The number of nitrogens with zero attached hydrogens (tertiary/aromatic N) is 3. The lowest BCUT2D eigenvalue weighted by Crippen LogP contribution is -2.55. The van der Waals surface area contributed by atoms with Crippen molar-refractivity contribution >= 4 is 29.6 Å². The van der Waals surface area contributed by atoms with Gasteiger partial charge in [-0.05, 0) is 63.8 Å². The molecule has 0 bridgehead atoms. The lowest BCUT2D eigenvalue weighted by Gasteiger charge is -2.31. The summed E-state index contributed by atoms with van der Waals surface area (Å²) in [7, 11) is 3.81. The number of phenolic OH excluding ortho intramolecular Hbond substituents is 1. The Kier molecular flexibility index (Phi) is 23.1. The van der Waals surface area contributed by atoms with Gasteiger partial charge in [-0.3, -0.25) is 14.7 Å². The van der Waals surface area contributed by atoms with Gasteiger partial charge in [-0.15, -0.1) is 12.8 Å². The highest BCUT2D eigenvalue weighted by Gasteiger charge is 2.21.